The first-order valence-electron chi connectivity index (χ1n) is 9.65. The lowest BCUT2D eigenvalue weighted by Gasteiger charge is -2.42. The number of carbonyl (C=O) groups excluding carboxylic acids is 4. The molecule has 1 aliphatic heterocycles. The van der Waals surface area contributed by atoms with Crippen LogP contribution in [0, 0.1) is 17.8 Å². The number of halogens is 2. The van der Waals surface area contributed by atoms with Crippen LogP contribution in [0.25, 0.3) is 0 Å². The van der Waals surface area contributed by atoms with Gasteiger partial charge in [0.1, 0.15) is 5.75 Å². The van der Waals surface area contributed by atoms with Crippen LogP contribution in [0.1, 0.15) is 24.3 Å². The number of hydrogen-bond donors (Lipinski definition) is 2. The molecule has 0 saturated carbocycles. The summed E-state index contributed by atoms with van der Waals surface area (Å²) in [7, 11) is 0. The number of allylic oxidation sites excluding steroid dienone is 6. The lowest BCUT2D eigenvalue weighted by atomic mass is 9.59. The molecule has 5 rings (SSSR count). The number of phenolic OH excluding ortho intramolecular Hbond substituents is 1. The summed E-state index contributed by atoms with van der Waals surface area (Å²) in [4.78, 5) is 51.0. The number of fused-ring (bicyclic) bond motifs is 3. The van der Waals surface area contributed by atoms with Gasteiger partial charge in [0.15, 0.2) is 11.6 Å². The molecule has 0 bridgehead atoms. The van der Waals surface area contributed by atoms with Gasteiger partial charge in [-0.1, -0.05) is 29.3 Å². The van der Waals surface area contributed by atoms with Crippen molar-refractivity contribution in [2.45, 2.75) is 18.8 Å². The minimum absolute atomic E-state index is 0.0471. The number of Topliss-reactive ketones (excluding diaryl/α,β-unsaturated/α-hetero) is 1. The van der Waals surface area contributed by atoms with Gasteiger partial charge in [-0.25, -0.2) is 0 Å². The van der Waals surface area contributed by atoms with E-state index in [4.69, 9.17) is 11.6 Å². The highest BCUT2D eigenvalue weighted by molar-refractivity contribution is 9.12. The first-order valence-corrected chi connectivity index (χ1v) is 10.8. The van der Waals surface area contributed by atoms with Gasteiger partial charge in [0, 0.05) is 28.2 Å². The molecular weight excluding hydrogens is 490 g/mol. The Morgan fingerprint density at radius 3 is 2.55 bits per heavy atom. The number of rotatable bonds is 1. The van der Waals surface area contributed by atoms with Crippen LogP contribution in [0.4, 0.5) is 0 Å². The van der Waals surface area contributed by atoms with Crippen LogP contribution in [0.2, 0.25) is 5.02 Å². The SMILES string of the molecule is O=C1C=C(Br)C(=O)C2=C1C(c1ccc(O)cc1Cl)C1=CCC3C(=O)N(O)C(=O)C3C1C2. The Morgan fingerprint density at radius 1 is 1.10 bits per heavy atom. The van der Waals surface area contributed by atoms with Gasteiger partial charge in [0.25, 0.3) is 11.8 Å². The number of benzene rings is 1. The number of aromatic hydroxyl groups is 1. The Hall–Kier alpha value is -2.55. The zero-order chi connectivity index (χ0) is 22.2. The summed E-state index contributed by atoms with van der Waals surface area (Å²) in [6, 6.07) is 4.39. The highest BCUT2D eigenvalue weighted by atomic mass is 79.9. The zero-order valence-corrected chi connectivity index (χ0v) is 18.2. The summed E-state index contributed by atoms with van der Waals surface area (Å²) in [5.41, 5.74) is 1.80. The Morgan fingerprint density at radius 2 is 1.84 bits per heavy atom. The predicted octanol–water partition coefficient (Wildman–Crippen LogP) is 3.20. The minimum atomic E-state index is -0.822. The van der Waals surface area contributed by atoms with E-state index in [-0.39, 0.29) is 50.3 Å². The molecule has 0 radical (unpaired) electrons. The summed E-state index contributed by atoms with van der Waals surface area (Å²) in [6.45, 7) is 0. The van der Waals surface area contributed by atoms with Gasteiger partial charge in [-0.15, -0.1) is 0 Å². The summed E-state index contributed by atoms with van der Waals surface area (Å²) < 4.78 is 0.129. The number of hydroxylamine groups is 2. The van der Waals surface area contributed by atoms with Crippen molar-refractivity contribution in [2.75, 3.05) is 0 Å². The fourth-order valence-electron chi connectivity index (χ4n) is 5.30. The fraction of sp³-hybridized carbons (Fsp3) is 0.273. The quantitative estimate of drug-likeness (QED) is 0.263. The maximum Gasteiger partial charge on any atom is 0.257 e. The van der Waals surface area contributed by atoms with Gasteiger partial charge in [0.05, 0.1) is 16.3 Å². The normalized spacial score (nSPS) is 30.1. The predicted molar refractivity (Wildman–Crippen MR) is 111 cm³/mol. The molecule has 3 aliphatic carbocycles. The molecule has 1 aromatic carbocycles. The molecular formula is C22H15BrClNO6. The average Bonchev–Trinajstić information content (AvgIpc) is 2.95. The van der Waals surface area contributed by atoms with Crippen molar-refractivity contribution in [3.63, 3.8) is 0 Å². The van der Waals surface area contributed by atoms with Gasteiger partial charge >= 0.3 is 0 Å². The van der Waals surface area contributed by atoms with Crippen LogP contribution < -0.4 is 0 Å². The lowest BCUT2D eigenvalue weighted by Crippen LogP contribution is -2.39. The van der Waals surface area contributed by atoms with Crippen molar-refractivity contribution in [3.8, 4) is 5.75 Å². The number of amides is 2. The molecule has 1 fully saturated rings. The molecule has 4 atom stereocenters. The first-order chi connectivity index (χ1) is 14.7. The van der Waals surface area contributed by atoms with Crippen LogP contribution in [0.5, 0.6) is 5.75 Å². The van der Waals surface area contributed by atoms with E-state index in [0.717, 1.165) is 5.57 Å². The largest absolute Gasteiger partial charge is 0.508 e. The molecule has 1 saturated heterocycles. The van der Waals surface area contributed by atoms with Crippen LogP contribution in [-0.4, -0.2) is 38.8 Å². The second-order valence-electron chi connectivity index (χ2n) is 8.09. The number of nitrogens with zero attached hydrogens (tertiary/aromatic N) is 1. The van der Waals surface area contributed by atoms with Crippen molar-refractivity contribution < 1.29 is 29.5 Å². The maximum absolute atomic E-state index is 13.0. The van der Waals surface area contributed by atoms with Crippen molar-refractivity contribution in [3.05, 3.63) is 62.1 Å². The van der Waals surface area contributed by atoms with E-state index in [9.17, 15) is 29.5 Å². The average molecular weight is 505 g/mol. The molecule has 7 nitrogen and oxygen atoms in total. The van der Waals surface area contributed by atoms with E-state index in [1.54, 1.807) is 6.07 Å². The Kier molecular flexibility index (Phi) is 4.58. The minimum Gasteiger partial charge on any atom is -0.508 e. The van der Waals surface area contributed by atoms with Crippen LogP contribution in [0.3, 0.4) is 0 Å². The molecule has 4 unspecified atom stereocenters. The zero-order valence-electron chi connectivity index (χ0n) is 15.8. The molecule has 9 heteroatoms. The standard InChI is InChI=1S/C22H15BrClNO6/c23-14-7-16(27)19-13(20(14)28)6-12-9(17(19)10-2-1-8(26)5-15(10)24)3-4-11-18(12)22(30)25(31)21(11)29/h1-3,5,7,11-12,17-18,26,31H,4,6H2. The number of imide groups is 1. The number of phenols is 1. The second-order valence-corrected chi connectivity index (χ2v) is 9.35. The second kappa shape index (κ2) is 6.98. The van der Waals surface area contributed by atoms with Crippen molar-refractivity contribution in [1.29, 1.82) is 0 Å². The fourth-order valence-corrected chi connectivity index (χ4v) is 6.03. The Bertz CT molecular complexity index is 1200. The summed E-state index contributed by atoms with van der Waals surface area (Å²) >= 11 is 9.57. The van der Waals surface area contributed by atoms with Crippen LogP contribution in [-0.2, 0) is 19.2 Å². The van der Waals surface area contributed by atoms with Gasteiger partial charge in [-0.05, 0) is 52.4 Å². The smallest absolute Gasteiger partial charge is 0.257 e. The molecule has 4 aliphatic rings. The number of hydrogen-bond acceptors (Lipinski definition) is 6. The third-order valence-corrected chi connectivity index (χ3v) is 7.52. The molecule has 31 heavy (non-hydrogen) atoms. The van der Waals surface area contributed by atoms with Gasteiger partial charge in [-0.2, -0.15) is 5.06 Å². The van der Waals surface area contributed by atoms with Crippen molar-refractivity contribution in [1.82, 2.24) is 5.06 Å². The molecule has 158 valence electrons. The van der Waals surface area contributed by atoms with E-state index < -0.39 is 35.5 Å². The molecule has 2 amide bonds. The Labute approximate surface area is 189 Å². The molecule has 1 aromatic rings. The van der Waals surface area contributed by atoms with E-state index in [1.165, 1.54) is 18.2 Å². The van der Waals surface area contributed by atoms with Crippen molar-refractivity contribution >= 4 is 50.9 Å². The van der Waals surface area contributed by atoms with E-state index >= 15 is 0 Å². The van der Waals surface area contributed by atoms with Crippen LogP contribution >= 0.6 is 27.5 Å². The van der Waals surface area contributed by atoms with E-state index in [0.29, 0.717) is 11.1 Å². The topological polar surface area (TPSA) is 112 Å². The summed E-state index contributed by atoms with van der Waals surface area (Å²) in [6.07, 6.45) is 3.39. The number of carbonyl (C=O) groups is 4. The highest BCUT2D eigenvalue weighted by Gasteiger charge is 2.56. The monoisotopic (exact) mass is 503 g/mol. The van der Waals surface area contributed by atoms with Crippen LogP contribution in [0.15, 0.2) is 51.6 Å². The van der Waals surface area contributed by atoms with Gasteiger partial charge < -0.3 is 5.11 Å². The summed E-state index contributed by atoms with van der Waals surface area (Å²) in [5.74, 6) is -4.87. The molecule has 1 heterocycles. The first kappa shape index (κ1) is 20.4. The van der Waals surface area contributed by atoms with Gasteiger partial charge in [0.2, 0.25) is 0 Å². The van der Waals surface area contributed by atoms with Gasteiger partial charge in [-0.3, -0.25) is 24.4 Å². The molecule has 0 spiro atoms. The highest BCUT2D eigenvalue weighted by Crippen LogP contribution is 2.55. The number of ketones is 2. The van der Waals surface area contributed by atoms with Crippen molar-refractivity contribution in [2.24, 2.45) is 17.8 Å². The third kappa shape index (κ3) is 2.82. The molecule has 2 N–H and O–H groups in total. The Balaban J connectivity index is 1.74. The lowest BCUT2D eigenvalue weighted by molar-refractivity contribution is -0.173. The van der Waals surface area contributed by atoms with E-state index in [2.05, 4.69) is 15.9 Å². The molecule has 0 aromatic heterocycles. The third-order valence-electron chi connectivity index (χ3n) is 6.60. The summed E-state index contributed by atoms with van der Waals surface area (Å²) in [5, 5.41) is 20.1. The maximum atomic E-state index is 13.0. The van der Waals surface area contributed by atoms with E-state index in [1.807, 2.05) is 6.08 Å².